The lowest BCUT2D eigenvalue weighted by molar-refractivity contribution is -0.126. The molecule has 3 aromatic rings. The molecule has 11 heteroatoms. The SMILES string of the molecule is COc1cccc(C(OC)C(=O)Nc2nnc(NC3CCN(c4cccnn4)C3)s2)c1. The molecular weight excluding hydrogens is 418 g/mol. The molecule has 31 heavy (non-hydrogen) atoms. The summed E-state index contributed by atoms with van der Waals surface area (Å²) in [6.45, 7) is 1.68. The largest absolute Gasteiger partial charge is 0.497 e. The van der Waals surface area contributed by atoms with Gasteiger partial charge < -0.3 is 19.7 Å². The number of hydrogen-bond acceptors (Lipinski definition) is 10. The number of hydrogen-bond donors (Lipinski definition) is 2. The van der Waals surface area contributed by atoms with Gasteiger partial charge in [-0.25, -0.2) is 0 Å². The number of nitrogens with one attached hydrogen (secondary N) is 2. The van der Waals surface area contributed by atoms with Gasteiger partial charge in [-0.15, -0.1) is 15.3 Å². The number of aromatic nitrogens is 4. The number of nitrogens with zero attached hydrogens (tertiary/aromatic N) is 5. The average molecular weight is 442 g/mol. The molecule has 1 fully saturated rings. The van der Waals surface area contributed by atoms with Crippen LogP contribution in [0.1, 0.15) is 18.1 Å². The van der Waals surface area contributed by atoms with Crippen molar-refractivity contribution in [1.29, 1.82) is 0 Å². The third kappa shape index (κ3) is 5.06. The summed E-state index contributed by atoms with van der Waals surface area (Å²) < 4.78 is 10.6. The number of methoxy groups -OCH3 is 2. The highest BCUT2D eigenvalue weighted by molar-refractivity contribution is 7.19. The Labute approximate surface area is 183 Å². The molecule has 2 aromatic heterocycles. The monoisotopic (exact) mass is 441 g/mol. The number of benzene rings is 1. The second-order valence-corrected chi connectivity index (χ2v) is 7.93. The molecular formula is C20H23N7O3S. The Morgan fingerprint density at radius 1 is 1.19 bits per heavy atom. The van der Waals surface area contributed by atoms with E-state index in [0.717, 1.165) is 25.3 Å². The van der Waals surface area contributed by atoms with E-state index in [1.165, 1.54) is 18.4 Å². The van der Waals surface area contributed by atoms with Crippen LogP contribution in [0.15, 0.2) is 42.6 Å². The third-order valence-electron chi connectivity index (χ3n) is 4.92. The van der Waals surface area contributed by atoms with E-state index in [9.17, 15) is 4.79 Å². The van der Waals surface area contributed by atoms with E-state index < -0.39 is 6.10 Å². The Morgan fingerprint density at radius 2 is 2.06 bits per heavy atom. The van der Waals surface area contributed by atoms with Crippen molar-refractivity contribution in [2.45, 2.75) is 18.6 Å². The zero-order chi connectivity index (χ0) is 21.6. The zero-order valence-corrected chi connectivity index (χ0v) is 18.0. The molecule has 10 nitrogen and oxygen atoms in total. The van der Waals surface area contributed by atoms with Crippen LogP contribution in [-0.4, -0.2) is 59.7 Å². The van der Waals surface area contributed by atoms with Gasteiger partial charge in [-0.1, -0.05) is 23.5 Å². The molecule has 2 N–H and O–H groups in total. The molecule has 0 spiro atoms. The summed E-state index contributed by atoms with van der Waals surface area (Å²) in [6, 6.07) is 11.2. The molecule has 1 amide bonds. The Morgan fingerprint density at radius 3 is 2.84 bits per heavy atom. The highest BCUT2D eigenvalue weighted by Crippen LogP contribution is 2.27. The van der Waals surface area contributed by atoms with Crippen molar-refractivity contribution in [3.63, 3.8) is 0 Å². The molecule has 1 aliphatic rings. The number of carbonyl (C=O) groups is 1. The van der Waals surface area contributed by atoms with Gasteiger partial charge in [0.25, 0.3) is 5.91 Å². The maximum Gasteiger partial charge on any atom is 0.259 e. The first-order chi connectivity index (χ1) is 15.2. The molecule has 162 valence electrons. The van der Waals surface area contributed by atoms with Crippen LogP contribution in [0.3, 0.4) is 0 Å². The van der Waals surface area contributed by atoms with E-state index in [1.54, 1.807) is 19.4 Å². The van der Waals surface area contributed by atoms with Crippen LogP contribution >= 0.6 is 11.3 Å². The highest BCUT2D eigenvalue weighted by Gasteiger charge is 2.25. The Hall–Kier alpha value is -3.31. The van der Waals surface area contributed by atoms with Crippen molar-refractivity contribution in [1.82, 2.24) is 20.4 Å². The molecule has 0 aliphatic carbocycles. The van der Waals surface area contributed by atoms with Gasteiger partial charge in [-0.05, 0) is 36.2 Å². The summed E-state index contributed by atoms with van der Waals surface area (Å²) in [5.41, 5.74) is 0.692. The fourth-order valence-electron chi connectivity index (χ4n) is 3.42. The van der Waals surface area contributed by atoms with E-state index in [-0.39, 0.29) is 11.9 Å². The van der Waals surface area contributed by atoms with Gasteiger partial charge in [0.05, 0.1) is 7.11 Å². The van der Waals surface area contributed by atoms with Gasteiger partial charge in [-0.3, -0.25) is 10.1 Å². The summed E-state index contributed by atoms with van der Waals surface area (Å²) in [5.74, 6) is 1.19. The summed E-state index contributed by atoms with van der Waals surface area (Å²) in [5, 5.41) is 23.5. The fraction of sp³-hybridized carbons (Fsp3) is 0.350. The lowest BCUT2D eigenvalue weighted by atomic mass is 10.1. The van der Waals surface area contributed by atoms with E-state index in [4.69, 9.17) is 9.47 Å². The molecule has 1 saturated heterocycles. The van der Waals surface area contributed by atoms with Gasteiger partial charge in [0.1, 0.15) is 5.75 Å². The number of carbonyl (C=O) groups excluding carboxylic acids is 1. The highest BCUT2D eigenvalue weighted by atomic mass is 32.1. The fourth-order valence-corrected chi connectivity index (χ4v) is 4.15. The first-order valence-corrected chi connectivity index (χ1v) is 10.6. The Kier molecular flexibility index (Phi) is 6.53. The molecule has 2 unspecified atom stereocenters. The van der Waals surface area contributed by atoms with Gasteiger partial charge in [-0.2, -0.15) is 5.10 Å². The van der Waals surface area contributed by atoms with Crippen LogP contribution in [0.25, 0.3) is 0 Å². The van der Waals surface area contributed by atoms with Crippen LogP contribution in [0, 0.1) is 0 Å². The van der Waals surface area contributed by atoms with Crippen molar-refractivity contribution in [3.05, 3.63) is 48.2 Å². The molecule has 0 radical (unpaired) electrons. The summed E-state index contributed by atoms with van der Waals surface area (Å²) in [6.07, 6.45) is 1.82. The number of anilines is 3. The van der Waals surface area contributed by atoms with Crippen molar-refractivity contribution >= 4 is 33.3 Å². The van der Waals surface area contributed by atoms with Crippen molar-refractivity contribution in [2.24, 2.45) is 0 Å². The Bertz CT molecular complexity index is 1020. The first kappa shape index (κ1) is 20.9. The maximum atomic E-state index is 12.7. The van der Waals surface area contributed by atoms with Crippen molar-refractivity contribution < 1.29 is 14.3 Å². The van der Waals surface area contributed by atoms with Gasteiger partial charge in [0.2, 0.25) is 10.3 Å². The molecule has 3 heterocycles. The van der Waals surface area contributed by atoms with Crippen LogP contribution in [0.4, 0.5) is 16.1 Å². The molecule has 0 bridgehead atoms. The molecule has 1 aromatic carbocycles. The summed E-state index contributed by atoms with van der Waals surface area (Å²) in [4.78, 5) is 14.9. The summed E-state index contributed by atoms with van der Waals surface area (Å²) >= 11 is 1.28. The maximum absolute atomic E-state index is 12.7. The van der Waals surface area contributed by atoms with E-state index in [0.29, 0.717) is 21.6 Å². The normalized spacial score (nSPS) is 16.7. The second-order valence-electron chi connectivity index (χ2n) is 6.95. The topological polar surface area (TPSA) is 114 Å². The predicted octanol–water partition coefficient (Wildman–Crippen LogP) is 2.35. The zero-order valence-electron chi connectivity index (χ0n) is 17.2. The van der Waals surface area contributed by atoms with Crippen molar-refractivity contribution in [3.8, 4) is 5.75 Å². The van der Waals surface area contributed by atoms with E-state index in [1.807, 2.05) is 30.3 Å². The standard InChI is InChI=1S/C20H23N7O3S/c1-29-15-6-3-5-13(11-15)17(30-2)18(28)23-20-26-25-19(31-20)22-14-8-10-27(12-14)16-7-4-9-21-24-16/h3-7,9,11,14,17H,8,10,12H2,1-2H3,(H,22,25)(H,23,26,28). The quantitative estimate of drug-likeness (QED) is 0.543. The molecule has 1 aliphatic heterocycles. The minimum atomic E-state index is -0.786. The number of rotatable bonds is 8. The molecule has 0 saturated carbocycles. The van der Waals surface area contributed by atoms with Gasteiger partial charge in [0.15, 0.2) is 11.9 Å². The van der Waals surface area contributed by atoms with Crippen LogP contribution in [-0.2, 0) is 9.53 Å². The van der Waals surface area contributed by atoms with E-state index >= 15 is 0 Å². The third-order valence-corrected chi connectivity index (χ3v) is 5.69. The minimum absolute atomic E-state index is 0.210. The predicted molar refractivity (Wildman–Crippen MR) is 118 cm³/mol. The van der Waals surface area contributed by atoms with Crippen LogP contribution in [0.2, 0.25) is 0 Å². The second kappa shape index (κ2) is 9.67. The minimum Gasteiger partial charge on any atom is -0.497 e. The lowest BCUT2D eigenvalue weighted by Gasteiger charge is -2.16. The first-order valence-electron chi connectivity index (χ1n) is 9.76. The lowest BCUT2D eigenvalue weighted by Crippen LogP contribution is -2.26. The average Bonchev–Trinajstić information content (AvgIpc) is 3.45. The van der Waals surface area contributed by atoms with Gasteiger partial charge in [0, 0.05) is 32.4 Å². The van der Waals surface area contributed by atoms with Gasteiger partial charge >= 0.3 is 0 Å². The van der Waals surface area contributed by atoms with Crippen LogP contribution < -0.4 is 20.3 Å². The number of ether oxygens (including phenoxy) is 2. The van der Waals surface area contributed by atoms with Crippen molar-refractivity contribution in [2.75, 3.05) is 42.8 Å². The Balaban J connectivity index is 1.35. The van der Waals surface area contributed by atoms with Crippen LogP contribution in [0.5, 0.6) is 5.75 Å². The number of amides is 1. The summed E-state index contributed by atoms with van der Waals surface area (Å²) in [7, 11) is 3.06. The molecule has 4 rings (SSSR count). The smallest absolute Gasteiger partial charge is 0.259 e. The van der Waals surface area contributed by atoms with E-state index in [2.05, 4.69) is 35.9 Å². The molecule has 2 atom stereocenters.